The molecule has 0 aliphatic carbocycles. The van der Waals surface area contributed by atoms with E-state index >= 15 is 0 Å². The van der Waals surface area contributed by atoms with E-state index in [9.17, 15) is 19.5 Å². The summed E-state index contributed by atoms with van der Waals surface area (Å²) >= 11 is 5.47. The molecule has 0 radical (unpaired) electrons. The van der Waals surface area contributed by atoms with Crippen LogP contribution in [0.3, 0.4) is 0 Å². The number of halogens is 1. The predicted molar refractivity (Wildman–Crippen MR) is 158 cm³/mol. The number of aliphatic hydroxyl groups is 1. The number of carbonyl (C=O) groups is 3. The summed E-state index contributed by atoms with van der Waals surface area (Å²) in [7, 11) is 0. The zero-order valence-electron chi connectivity index (χ0n) is 22.4. The summed E-state index contributed by atoms with van der Waals surface area (Å²) < 4.78 is -0.677. The molecule has 3 saturated heterocycles. The highest BCUT2D eigenvalue weighted by molar-refractivity contribution is 9.09. The minimum atomic E-state index is -0.677. The SMILES string of the molecule is Cc1ccc(C)c(NC(=O)C2N(CCCCCO)C(=O)[C@@H]3[C@H](C(=O)NCc4ccccc4)[C@H]4SC23CC4Br)c1. The summed E-state index contributed by atoms with van der Waals surface area (Å²) in [5.74, 6) is -1.49. The first-order valence-corrected chi connectivity index (χ1v) is 15.5. The minimum absolute atomic E-state index is 0.0318. The van der Waals surface area contributed by atoms with Crippen LogP contribution in [0, 0.1) is 25.7 Å². The quantitative estimate of drug-likeness (QED) is 0.276. The molecular formula is C30H36BrN3O4S. The van der Waals surface area contributed by atoms with E-state index in [2.05, 4.69) is 26.6 Å². The van der Waals surface area contributed by atoms with Crippen molar-refractivity contribution in [1.82, 2.24) is 10.2 Å². The lowest BCUT2D eigenvalue weighted by molar-refractivity contribution is -0.139. The molecule has 9 heteroatoms. The van der Waals surface area contributed by atoms with Gasteiger partial charge >= 0.3 is 0 Å². The Balaban J connectivity index is 1.44. The van der Waals surface area contributed by atoms with Gasteiger partial charge in [0, 0.05) is 35.5 Å². The molecule has 0 aromatic heterocycles. The first kappa shape index (κ1) is 28.2. The average Bonchev–Trinajstić information content (AvgIpc) is 3.51. The van der Waals surface area contributed by atoms with Crippen molar-refractivity contribution in [3.8, 4) is 0 Å². The minimum Gasteiger partial charge on any atom is -0.396 e. The number of alkyl halides is 1. The number of anilines is 1. The number of hydrogen-bond donors (Lipinski definition) is 3. The number of benzene rings is 2. The fraction of sp³-hybridized carbons (Fsp3) is 0.500. The van der Waals surface area contributed by atoms with Crippen molar-refractivity contribution in [3.63, 3.8) is 0 Å². The first-order chi connectivity index (χ1) is 18.8. The summed E-state index contributed by atoms with van der Waals surface area (Å²) in [5, 5.41) is 15.4. The monoisotopic (exact) mass is 613 g/mol. The molecule has 2 bridgehead atoms. The van der Waals surface area contributed by atoms with Crippen molar-refractivity contribution < 1.29 is 19.5 Å². The standard InChI is InChI=1S/C30H36BrN3O4S/c1-18-11-12-19(2)22(15-18)33-28(37)26-30-16-21(31)25(39-30)23(27(36)32-17-20-9-5-3-6-10-20)24(30)29(38)34(26)13-7-4-8-14-35/h3,5-6,9-12,15,21,23-26,35H,4,7-8,13-14,16-17H2,1-2H3,(H,32,36)(H,33,37)/t21?,23-,24-,25-,26?,30?/m0/s1. The smallest absolute Gasteiger partial charge is 0.248 e. The van der Waals surface area contributed by atoms with E-state index in [4.69, 9.17) is 0 Å². The second-order valence-corrected chi connectivity index (χ2v) is 13.7. The van der Waals surface area contributed by atoms with Crippen LogP contribution in [0.1, 0.15) is 42.4 Å². The first-order valence-electron chi connectivity index (χ1n) is 13.7. The maximum Gasteiger partial charge on any atom is 0.248 e. The topological polar surface area (TPSA) is 98.7 Å². The molecule has 39 heavy (non-hydrogen) atoms. The molecule has 1 spiro atoms. The maximum absolute atomic E-state index is 14.1. The number of hydrogen-bond acceptors (Lipinski definition) is 5. The molecule has 3 amide bonds. The molecule has 7 nitrogen and oxygen atoms in total. The summed E-state index contributed by atoms with van der Waals surface area (Å²) in [6, 6.07) is 15.0. The number of amides is 3. The van der Waals surface area contributed by atoms with Crippen molar-refractivity contribution in [2.45, 2.75) is 66.9 Å². The van der Waals surface area contributed by atoms with Crippen LogP contribution < -0.4 is 10.6 Å². The summed E-state index contributed by atoms with van der Waals surface area (Å²) in [4.78, 5) is 43.6. The number of aliphatic hydroxyl groups excluding tert-OH is 1. The van der Waals surface area contributed by atoms with Gasteiger partial charge in [-0.3, -0.25) is 14.4 Å². The third-order valence-corrected chi connectivity index (χ3v) is 11.6. The molecule has 3 aliphatic heterocycles. The average molecular weight is 615 g/mol. The lowest BCUT2D eigenvalue weighted by Crippen LogP contribution is -2.53. The van der Waals surface area contributed by atoms with Gasteiger partial charge in [-0.25, -0.2) is 0 Å². The van der Waals surface area contributed by atoms with E-state index in [1.54, 1.807) is 16.7 Å². The lowest BCUT2D eigenvalue weighted by atomic mass is 9.70. The zero-order valence-corrected chi connectivity index (χ0v) is 24.8. The van der Waals surface area contributed by atoms with Gasteiger partial charge < -0.3 is 20.6 Å². The van der Waals surface area contributed by atoms with Gasteiger partial charge in [-0.1, -0.05) is 58.4 Å². The summed E-state index contributed by atoms with van der Waals surface area (Å²) in [6.07, 6.45) is 2.76. The van der Waals surface area contributed by atoms with E-state index in [1.165, 1.54) is 0 Å². The Kier molecular flexibility index (Phi) is 8.40. The van der Waals surface area contributed by atoms with Gasteiger partial charge in [-0.15, -0.1) is 11.8 Å². The summed E-state index contributed by atoms with van der Waals surface area (Å²) in [6.45, 7) is 4.87. The lowest BCUT2D eigenvalue weighted by Gasteiger charge is -2.35. The number of nitrogens with zero attached hydrogens (tertiary/aromatic N) is 1. The van der Waals surface area contributed by atoms with E-state index in [0.29, 0.717) is 32.4 Å². The van der Waals surface area contributed by atoms with Crippen LogP contribution in [0.4, 0.5) is 5.69 Å². The second kappa shape index (κ2) is 11.6. The molecule has 6 atom stereocenters. The number of fused-ring (bicyclic) bond motifs is 1. The number of aryl methyl sites for hydroxylation is 2. The highest BCUT2D eigenvalue weighted by Gasteiger charge is 2.75. The van der Waals surface area contributed by atoms with Crippen molar-refractivity contribution >= 4 is 51.1 Å². The van der Waals surface area contributed by atoms with Crippen LogP contribution >= 0.6 is 27.7 Å². The summed E-state index contributed by atoms with van der Waals surface area (Å²) in [5.41, 5.74) is 3.75. The second-order valence-electron chi connectivity index (χ2n) is 11.0. The molecule has 3 aliphatic rings. The Morgan fingerprint density at radius 1 is 1.10 bits per heavy atom. The number of thioether (sulfide) groups is 1. The molecular weight excluding hydrogens is 578 g/mol. The van der Waals surface area contributed by atoms with Gasteiger partial charge in [0.25, 0.3) is 0 Å². The van der Waals surface area contributed by atoms with E-state index in [0.717, 1.165) is 28.8 Å². The third-order valence-electron chi connectivity index (χ3n) is 8.36. The van der Waals surface area contributed by atoms with Crippen molar-refractivity contribution in [2.75, 3.05) is 18.5 Å². The van der Waals surface area contributed by atoms with Gasteiger partial charge in [0.1, 0.15) is 6.04 Å². The van der Waals surface area contributed by atoms with Crippen LogP contribution in [0.25, 0.3) is 0 Å². The number of unbranched alkanes of at least 4 members (excludes halogenated alkanes) is 2. The van der Waals surface area contributed by atoms with Crippen LogP contribution in [-0.4, -0.2) is 61.7 Å². The highest BCUT2D eigenvalue weighted by Crippen LogP contribution is 2.67. The number of carbonyl (C=O) groups excluding carboxylic acids is 3. The molecule has 0 saturated carbocycles. The third kappa shape index (κ3) is 5.25. The molecule has 2 aromatic carbocycles. The van der Waals surface area contributed by atoms with Gasteiger partial charge in [0.15, 0.2) is 0 Å². The molecule has 2 aromatic rings. The van der Waals surface area contributed by atoms with Crippen molar-refractivity contribution in [3.05, 3.63) is 65.2 Å². The molecule has 3 unspecified atom stereocenters. The van der Waals surface area contributed by atoms with Gasteiger partial charge in [0.05, 0.1) is 16.6 Å². The molecule has 5 rings (SSSR count). The Morgan fingerprint density at radius 3 is 2.62 bits per heavy atom. The Morgan fingerprint density at radius 2 is 1.87 bits per heavy atom. The van der Waals surface area contributed by atoms with Crippen LogP contribution in [-0.2, 0) is 20.9 Å². The number of nitrogens with one attached hydrogen (secondary N) is 2. The fourth-order valence-electron chi connectivity index (χ4n) is 6.52. The zero-order chi connectivity index (χ0) is 27.7. The van der Waals surface area contributed by atoms with E-state index < -0.39 is 22.6 Å². The Bertz CT molecular complexity index is 1240. The predicted octanol–water partition coefficient (Wildman–Crippen LogP) is 4.19. The van der Waals surface area contributed by atoms with Crippen molar-refractivity contribution in [1.29, 1.82) is 0 Å². The van der Waals surface area contributed by atoms with E-state index in [-0.39, 0.29) is 34.4 Å². The largest absolute Gasteiger partial charge is 0.396 e. The highest BCUT2D eigenvalue weighted by atomic mass is 79.9. The van der Waals surface area contributed by atoms with Crippen LogP contribution in [0.2, 0.25) is 0 Å². The molecule has 3 fully saturated rings. The van der Waals surface area contributed by atoms with Gasteiger partial charge in [-0.05, 0) is 62.3 Å². The van der Waals surface area contributed by atoms with Gasteiger partial charge in [-0.2, -0.15) is 0 Å². The Labute approximate surface area is 242 Å². The Hall–Kier alpha value is -2.36. The van der Waals surface area contributed by atoms with Crippen LogP contribution in [0.15, 0.2) is 48.5 Å². The number of rotatable bonds is 10. The molecule has 208 valence electrons. The molecule has 3 heterocycles. The normalized spacial score (nSPS) is 29.0. The van der Waals surface area contributed by atoms with Crippen LogP contribution in [0.5, 0.6) is 0 Å². The van der Waals surface area contributed by atoms with Crippen molar-refractivity contribution in [2.24, 2.45) is 11.8 Å². The molecule has 3 N–H and O–H groups in total. The fourth-order valence-corrected chi connectivity index (χ4v) is 10.1. The maximum atomic E-state index is 14.1. The number of likely N-dealkylation sites (tertiary alicyclic amines) is 1. The van der Waals surface area contributed by atoms with Gasteiger partial charge in [0.2, 0.25) is 17.7 Å². The van der Waals surface area contributed by atoms with E-state index in [1.807, 2.05) is 62.4 Å².